The summed E-state index contributed by atoms with van der Waals surface area (Å²) in [5.74, 6) is 1.43. The summed E-state index contributed by atoms with van der Waals surface area (Å²) in [6, 6.07) is 1.86. The van der Waals surface area contributed by atoms with Gasteiger partial charge in [-0.05, 0) is 25.8 Å². The van der Waals surface area contributed by atoms with Crippen LogP contribution in [0.15, 0.2) is 12.3 Å². The van der Waals surface area contributed by atoms with Crippen LogP contribution < -0.4 is 10.2 Å². The first-order chi connectivity index (χ1) is 13.4. The molecule has 2 aliphatic rings. The molecule has 0 radical (unpaired) electrons. The molecule has 1 spiro atoms. The van der Waals surface area contributed by atoms with E-state index in [4.69, 9.17) is 4.74 Å². The fourth-order valence-corrected chi connectivity index (χ4v) is 3.64. The standard InChI is InChI=1S/C19H30N6O3/c1-4-20-15-5-9-21-18(22-15)24-10-7-19(8-11-24)14-25(13-17(27)23(2)3)16(26)6-12-28-19/h5,9H,4,6-8,10-14H2,1-3H3,(H,20,21,22). The summed E-state index contributed by atoms with van der Waals surface area (Å²) in [6.45, 7) is 5.30. The number of carbonyl (C=O) groups is 2. The summed E-state index contributed by atoms with van der Waals surface area (Å²) in [5, 5.41) is 3.21. The molecular formula is C19H30N6O3. The van der Waals surface area contributed by atoms with E-state index in [0.29, 0.717) is 25.5 Å². The van der Waals surface area contributed by atoms with E-state index in [0.717, 1.165) is 38.3 Å². The second-order valence-electron chi connectivity index (χ2n) is 7.58. The van der Waals surface area contributed by atoms with Gasteiger partial charge in [0.2, 0.25) is 17.8 Å². The minimum atomic E-state index is -0.408. The lowest BCUT2D eigenvalue weighted by Gasteiger charge is -2.42. The highest BCUT2D eigenvalue weighted by Gasteiger charge is 2.41. The van der Waals surface area contributed by atoms with Crippen molar-refractivity contribution in [3.05, 3.63) is 12.3 Å². The number of piperidine rings is 1. The molecule has 1 aromatic rings. The van der Waals surface area contributed by atoms with E-state index >= 15 is 0 Å². The summed E-state index contributed by atoms with van der Waals surface area (Å²) in [7, 11) is 3.41. The summed E-state index contributed by atoms with van der Waals surface area (Å²) in [5.41, 5.74) is -0.408. The molecule has 2 aliphatic heterocycles. The average molecular weight is 390 g/mol. The number of nitrogens with zero attached hydrogens (tertiary/aromatic N) is 5. The Morgan fingerprint density at radius 1 is 1.36 bits per heavy atom. The van der Waals surface area contributed by atoms with Crippen LogP contribution in [0.3, 0.4) is 0 Å². The molecule has 1 aromatic heterocycles. The van der Waals surface area contributed by atoms with E-state index in [2.05, 4.69) is 20.2 Å². The molecule has 2 amide bonds. The molecule has 9 heteroatoms. The SMILES string of the molecule is CCNc1ccnc(N2CCC3(CC2)CN(CC(=O)N(C)C)C(=O)CCO3)n1. The maximum atomic E-state index is 12.4. The second kappa shape index (κ2) is 8.72. The quantitative estimate of drug-likeness (QED) is 0.787. The molecule has 9 nitrogen and oxygen atoms in total. The molecule has 0 atom stereocenters. The van der Waals surface area contributed by atoms with Crippen molar-refractivity contribution in [3.8, 4) is 0 Å². The van der Waals surface area contributed by atoms with Gasteiger partial charge in [-0.1, -0.05) is 0 Å². The first kappa shape index (κ1) is 20.3. The van der Waals surface area contributed by atoms with Crippen LogP contribution in [0.4, 0.5) is 11.8 Å². The highest BCUT2D eigenvalue weighted by atomic mass is 16.5. The maximum Gasteiger partial charge on any atom is 0.241 e. The number of aromatic nitrogens is 2. The Balaban J connectivity index is 1.66. The van der Waals surface area contributed by atoms with Gasteiger partial charge in [-0.2, -0.15) is 4.98 Å². The fraction of sp³-hybridized carbons (Fsp3) is 0.684. The predicted molar refractivity (Wildman–Crippen MR) is 106 cm³/mol. The van der Waals surface area contributed by atoms with Crippen molar-refractivity contribution in [1.29, 1.82) is 0 Å². The van der Waals surface area contributed by atoms with Crippen LogP contribution in [-0.4, -0.2) is 90.6 Å². The third kappa shape index (κ3) is 4.70. The van der Waals surface area contributed by atoms with E-state index in [1.165, 1.54) is 4.90 Å². The molecule has 0 saturated carbocycles. The summed E-state index contributed by atoms with van der Waals surface area (Å²) >= 11 is 0. The van der Waals surface area contributed by atoms with Gasteiger partial charge in [-0.15, -0.1) is 0 Å². The summed E-state index contributed by atoms with van der Waals surface area (Å²) in [4.78, 5) is 38.8. The van der Waals surface area contributed by atoms with Crippen molar-refractivity contribution in [2.45, 2.75) is 31.8 Å². The topological polar surface area (TPSA) is 90.9 Å². The number of ether oxygens (including phenoxy) is 1. The smallest absolute Gasteiger partial charge is 0.241 e. The highest BCUT2D eigenvalue weighted by molar-refractivity contribution is 5.84. The van der Waals surface area contributed by atoms with Gasteiger partial charge >= 0.3 is 0 Å². The van der Waals surface area contributed by atoms with E-state index in [9.17, 15) is 9.59 Å². The zero-order chi connectivity index (χ0) is 20.1. The maximum absolute atomic E-state index is 12.4. The Morgan fingerprint density at radius 2 is 2.11 bits per heavy atom. The largest absolute Gasteiger partial charge is 0.372 e. The van der Waals surface area contributed by atoms with E-state index < -0.39 is 5.60 Å². The van der Waals surface area contributed by atoms with Crippen LogP contribution in [0.2, 0.25) is 0 Å². The van der Waals surface area contributed by atoms with Gasteiger partial charge in [0.05, 0.1) is 31.7 Å². The third-order valence-corrected chi connectivity index (χ3v) is 5.34. The number of likely N-dealkylation sites (N-methyl/N-ethyl adjacent to an activating group) is 1. The fourth-order valence-electron chi connectivity index (χ4n) is 3.64. The lowest BCUT2D eigenvalue weighted by molar-refractivity contribution is -0.139. The minimum Gasteiger partial charge on any atom is -0.372 e. The molecule has 1 N–H and O–H groups in total. The monoisotopic (exact) mass is 390 g/mol. The van der Waals surface area contributed by atoms with Gasteiger partial charge in [-0.3, -0.25) is 9.59 Å². The van der Waals surface area contributed by atoms with Gasteiger partial charge in [0.1, 0.15) is 5.82 Å². The lowest BCUT2D eigenvalue weighted by Crippen LogP contribution is -2.53. The van der Waals surface area contributed by atoms with Crippen LogP contribution >= 0.6 is 0 Å². The van der Waals surface area contributed by atoms with E-state index in [1.54, 1.807) is 25.2 Å². The van der Waals surface area contributed by atoms with Crippen LogP contribution in [0.25, 0.3) is 0 Å². The van der Waals surface area contributed by atoms with Crippen LogP contribution in [0.5, 0.6) is 0 Å². The minimum absolute atomic E-state index is 0.0174. The zero-order valence-corrected chi connectivity index (χ0v) is 17.0. The molecule has 2 saturated heterocycles. The van der Waals surface area contributed by atoms with Crippen molar-refractivity contribution in [2.75, 3.05) is 63.6 Å². The first-order valence-electron chi connectivity index (χ1n) is 9.86. The van der Waals surface area contributed by atoms with Crippen molar-refractivity contribution >= 4 is 23.6 Å². The molecule has 2 fully saturated rings. The number of nitrogens with one attached hydrogen (secondary N) is 1. The van der Waals surface area contributed by atoms with E-state index in [-0.39, 0.29) is 18.4 Å². The molecule has 0 aliphatic carbocycles. The second-order valence-corrected chi connectivity index (χ2v) is 7.58. The van der Waals surface area contributed by atoms with Gasteiger partial charge in [-0.25, -0.2) is 4.98 Å². The van der Waals surface area contributed by atoms with Gasteiger partial charge < -0.3 is 24.8 Å². The summed E-state index contributed by atoms with van der Waals surface area (Å²) < 4.78 is 6.15. The number of carbonyl (C=O) groups excluding carboxylic acids is 2. The van der Waals surface area contributed by atoms with E-state index in [1.807, 2.05) is 13.0 Å². The van der Waals surface area contributed by atoms with Gasteiger partial charge in [0.15, 0.2) is 0 Å². The first-order valence-corrected chi connectivity index (χ1v) is 9.86. The highest BCUT2D eigenvalue weighted by Crippen LogP contribution is 2.31. The van der Waals surface area contributed by atoms with Crippen LogP contribution in [0.1, 0.15) is 26.2 Å². The molecule has 3 heterocycles. The number of rotatable bonds is 5. The van der Waals surface area contributed by atoms with Crippen molar-refractivity contribution in [1.82, 2.24) is 19.8 Å². The van der Waals surface area contributed by atoms with Gasteiger partial charge in [0.25, 0.3) is 0 Å². The molecule has 0 bridgehead atoms. The van der Waals surface area contributed by atoms with Gasteiger partial charge in [0, 0.05) is 39.9 Å². The van der Waals surface area contributed by atoms with Crippen LogP contribution in [0, 0.1) is 0 Å². The predicted octanol–water partition coefficient (Wildman–Crippen LogP) is 0.585. The Kier molecular flexibility index (Phi) is 6.33. The number of hydrogen-bond donors (Lipinski definition) is 1. The normalized spacial score (nSPS) is 19.5. The Hall–Kier alpha value is -2.42. The molecule has 28 heavy (non-hydrogen) atoms. The van der Waals surface area contributed by atoms with Crippen molar-refractivity contribution < 1.29 is 14.3 Å². The number of hydrogen-bond acceptors (Lipinski definition) is 7. The zero-order valence-electron chi connectivity index (χ0n) is 17.0. The lowest BCUT2D eigenvalue weighted by atomic mass is 9.90. The molecule has 3 rings (SSSR count). The van der Waals surface area contributed by atoms with Crippen molar-refractivity contribution in [2.24, 2.45) is 0 Å². The third-order valence-electron chi connectivity index (χ3n) is 5.34. The Bertz CT molecular complexity index is 703. The summed E-state index contributed by atoms with van der Waals surface area (Å²) in [6.07, 6.45) is 3.61. The molecule has 154 valence electrons. The number of anilines is 2. The Morgan fingerprint density at radius 3 is 2.79 bits per heavy atom. The number of amides is 2. The molecular weight excluding hydrogens is 360 g/mol. The van der Waals surface area contributed by atoms with Crippen LogP contribution in [-0.2, 0) is 14.3 Å². The average Bonchev–Trinajstić information content (AvgIpc) is 2.82. The molecule has 0 aromatic carbocycles. The Labute approximate surface area is 166 Å². The van der Waals surface area contributed by atoms with Crippen molar-refractivity contribution in [3.63, 3.8) is 0 Å². The molecule has 0 unspecified atom stereocenters.